The highest BCUT2D eigenvalue weighted by atomic mass is 32.1. The van der Waals surface area contributed by atoms with Crippen LogP contribution in [-0.4, -0.2) is 46.6 Å². The van der Waals surface area contributed by atoms with Crippen LogP contribution in [0.15, 0.2) is 23.0 Å². The van der Waals surface area contributed by atoms with Crippen LogP contribution in [0.1, 0.15) is 55.9 Å². The molecular weight excluding hydrogens is 380 g/mol. The van der Waals surface area contributed by atoms with Crippen molar-refractivity contribution in [3.05, 3.63) is 55.1 Å². The van der Waals surface area contributed by atoms with Crippen molar-refractivity contribution in [1.29, 1.82) is 0 Å². The number of aromatic nitrogens is 1. The molecule has 0 unspecified atom stereocenters. The number of H-pyrrole nitrogens is 1. The second-order valence-electron chi connectivity index (χ2n) is 7.21. The predicted molar refractivity (Wildman–Crippen MR) is 104 cm³/mol. The summed E-state index contributed by atoms with van der Waals surface area (Å²) in [5.41, 5.74) is 1.45. The molecule has 0 atom stereocenters. The second kappa shape index (κ2) is 7.18. The minimum Gasteiger partial charge on any atom is -0.477 e. The van der Waals surface area contributed by atoms with Crippen LogP contribution in [0.4, 0.5) is 0 Å². The normalized spacial score (nSPS) is 18.1. The maximum Gasteiger partial charge on any atom is 0.345 e. The molecule has 1 amide bonds. The summed E-state index contributed by atoms with van der Waals surface area (Å²) < 4.78 is 6.15. The number of aromatic amines is 1. The number of carbonyl (C=O) groups is 2. The number of hydrogen-bond acceptors (Lipinski definition) is 5. The standard InChI is InChI=1S/C20H22N2O5S/c1-2-14-12(3-4-17(23)21-14)18(24)22-8-6-20(7-9-22)13-11-16(19(25)26)28-15(13)5-10-27-20/h3-4,11H,2,5-10H2,1H3,(H,21,23)(H,25,26). The average molecular weight is 402 g/mol. The van der Waals surface area contributed by atoms with Crippen LogP contribution >= 0.6 is 11.3 Å². The maximum atomic E-state index is 13.0. The molecule has 4 rings (SSSR count). The third-order valence-corrected chi connectivity index (χ3v) is 6.84. The van der Waals surface area contributed by atoms with Crippen LogP contribution in [0.5, 0.6) is 0 Å². The Labute approximate surface area is 166 Å². The van der Waals surface area contributed by atoms with Gasteiger partial charge in [0.15, 0.2) is 0 Å². The Morgan fingerprint density at radius 3 is 2.75 bits per heavy atom. The number of carbonyl (C=O) groups excluding carboxylic acids is 1. The van der Waals surface area contributed by atoms with Crippen molar-refractivity contribution in [2.45, 2.75) is 38.2 Å². The van der Waals surface area contributed by atoms with Crippen molar-refractivity contribution in [2.24, 2.45) is 0 Å². The van der Waals surface area contributed by atoms with Gasteiger partial charge in [-0.15, -0.1) is 11.3 Å². The van der Waals surface area contributed by atoms with E-state index >= 15 is 0 Å². The van der Waals surface area contributed by atoms with Crippen LogP contribution in [0.3, 0.4) is 0 Å². The molecule has 1 spiro atoms. The van der Waals surface area contributed by atoms with Gasteiger partial charge in [-0.3, -0.25) is 9.59 Å². The van der Waals surface area contributed by atoms with Gasteiger partial charge in [0, 0.05) is 36.1 Å². The smallest absolute Gasteiger partial charge is 0.345 e. The number of ether oxygens (including phenoxy) is 1. The van der Waals surface area contributed by atoms with Crippen LogP contribution in [0.25, 0.3) is 0 Å². The third kappa shape index (κ3) is 3.16. The molecule has 0 aromatic carbocycles. The summed E-state index contributed by atoms with van der Waals surface area (Å²) in [6.07, 6.45) is 2.57. The van der Waals surface area contributed by atoms with Gasteiger partial charge in [-0.1, -0.05) is 6.92 Å². The summed E-state index contributed by atoms with van der Waals surface area (Å²) in [5.74, 6) is -0.997. The molecule has 0 radical (unpaired) electrons. The van der Waals surface area contributed by atoms with Crippen LogP contribution in [0, 0.1) is 0 Å². The molecular formula is C20H22N2O5S. The van der Waals surface area contributed by atoms with E-state index in [2.05, 4.69) is 4.98 Å². The van der Waals surface area contributed by atoms with E-state index in [1.165, 1.54) is 17.4 Å². The van der Waals surface area contributed by atoms with E-state index in [1.54, 1.807) is 17.0 Å². The van der Waals surface area contributed by atoms with E-state index in [9.17, 15) is 19.5 Å². The van der Waals surface area contributed by atoms with Gasteiger partial charge in [-0.05, 0) is 37.0 Å². The average Bonchev–Trinajstić information content (AvgIpc) is 3.14. The monoisotopic (exact) mass is 402 g/mol. The Balaban J connectivity index is 1.55. The predicted octanol–water partition coefficient (Wildman–Crippen LogP) is 2.40. The number of aryl methyl sites for hydroxylation is 1. The molecule has 7 nitrogen and oxygen atoms in total. The van der Waals surface area contributed by atoms with Gasteiger partial charge < -0.3 is 19.7 Å². The lowest BCUT2D eigenvalue weighted by Crippen LogP contribution is -2.48. The number of fused-ring (bicyclic) bond motifs is 2. The molecule has 0 aliphatic carbocycles. The van der Waals surface area contributed by atoms with Crippen LogP contribution in [0.2, 0.25) is 0 Å². The lowest BCUT2D eigenvalue weighted by molar-refractivity contribution is -0.0926. The lowest BCUT2D eigenvalue weighted by Gasteiger charge is -2.44. The van der Waals surface area contributed by atoms with Gasteiger partial charge in [0.2, 0.25) is 5.56 Å². The van der Waals surface area contributed by atoms with E-state index in [4.69, 9.17) is 4.74 Å². The van der Waals surface area contributed by atoms with Crippen molar-refractivity contribution < 1.29 is 19.4 Å². The zero-order valence-corrected chi connectivity index (χ0v) is 16.4. The number of pyridine rings is 1. The van der Waals surface area contributed by atoms with Crippen molar-refractivity contribution in [3.8, 4) is 0 Å². The number of rotatable bonds is 3. The third-order valence-electron chi connectivity index (χ3n) is 5.66. The van der Waals surface area contributed by atoms with Gasteiger partial charge in [-0.2, -0.15) is 0 Å². The topological polar surface area (TPSA) is 99.7 Å². The van der Waals surface area contributed by atoms with Gasteiger partial charge in [0.25, 0.3) is 5.91 Å². The van der Waals surface area contributed by atoms with Crippen molar-refractivity contribution in [2.75, 3.05) is 19.7 Å². The fourth-order valence-electron chi connectivity index (χ4n) is 4.17. The van der Waals surface area contributed by atoms with E-state index < -0.39 is 11.6 Å². The Hall–Kier alpha value is -2.45. The number of nitrogens with one attached hydrogen (secondary N) is 1. The summed E-state index contributed by atoms with van der Waals surface area (Å²) in [6, 6.07) is 4.72. The molecule has 0 saturated carbocycles. The molecule has 2 aromatic heterocycles. The minimum absolute atomic E-state index is 0.0875. The Kier molecular flexibility index (Phi) is 4.84. The number of thiophene rings is 1. The number of hydrogen-bond donors (Lipinski definition) is 2. The largest absolute Gasteiger partial charge is 0.477 e. The zero-order chi connectivity index (χ0) is 19.9. The molecule has 8 heteroatoms. The number of aromatic carboxylic acids is 1. The maximum absolute atomic E-state index is 13.0. The zero-order valence-electron chi connectivity index (χ0n) is 15.6. The number of amides is 1. The number of piperidine rings is 1. The fraction of sp³-hybridized carbons (Fsp3) is 0.450. The molecule has 2 aromatic rings. The van der Waals surface area contributed by atoms with Crippen molar-refractivity contribution >= 4 is 23.2 Å². The Morgan fingerprint density at radius 2 is 2.07 bits per heavy atom. The summed E-state index contributed by atoms with van der Waals surface area (Å²) in [5, 5.41) is 9.32. The molecule has 148 valence electrons. The summed E-state index contributed by atoms with van der Waals surface area (Å²) in [4.78, 5) is 41.8. The lowest BCUT2D eigenvalue weighted by atomic mass is 9.82. The molecule has 2 aliphatic rings. The fourth-order valence-corrected chi connectivity index (χ4v) is 5.24. The first-order chi connectivity index (χ1) is 13.4. The highest BCUT2D eigenvalue weighted by molar-refractivity contribution is 7.14. The summed E-state index contributed by atoms with van der Waals surface area (Å²) in [6.45, 7) is 3.53. The first-order valence-corrected chi connectivity index (χ1v) is 10.3. The van der Waals surface area contributed by atoms with Crippen molar-refractivity contribution in [3.63, 3.8) is 0 Å². The van der Waals surface area contributed by atoms with E-state index in [-0.39, 0.29) is 11.5 Å². The van der Waals surface area contributed by atoms with Gasteiger partial charge in [0.05, 0.1) is 17.8 Å². The molecule has 2 aliphatic heterocycles. The van der Waals surface area contributed by atoms with E-state index in [0.717, 1.165) is 16.9 Å². The van der Waals surface area contributed by atoms with Crippen LogP contribution < -0.4 is 5.56 Å². The van der Waals surface area contributed by atoms with Crippen LogP contribution in [-0.2, 0) is 23.2 Å². The van der Waals surface area contributed by atoms with E-state index in [0.29, 0.717) is 55.1 Å². The minimum atomic E-state index is -0.910. The highest BCUT2D eigenvalue weighted by Gasteiger charge is 2.43. The molecule has 1 fully saturated rings. The molecule has 2 N–H and O–H groups in total. The molecule has 0 bridgehead atoms. The number of nitrogens with zero attached hydrogens (tertiary/aromatic N) is 1. The van der Waals surface area contributed by atoms with Gasteiger partial charge >= 0.3 is 5.97 Å². The van der Waals surface area contributed by atoms with E-state index in [1.807, 2.05) is 6.92 Å². The molecule has 4 heterocycles. The quantitative estimate of drug-likeness (QED) is 0.821. The summed E-state index contributed by atoms with van der Waals surface area (Å²) in [7, 11) is 0. The Morgan fingerprint density at radius 1 is 1.32 bits per heavy atom. The summed E-state index contributed by atoms with van der Waals surface area (Å²) >= 11 is 1.33. The molecule has 1 saturated heterocycles. The number of likely N-dealkylation sites (tertiary alicyclic amines) is 1. The van der Waals surface area contributed by atoms with Gasteiger partial charge in [0.1, 0.15) is 4.88 Å². The Bertz CT molecular complexity index is 985. The number of carboxylic acid groups (broad SMARTS) is 1. The highest BCUT2D eigenvalue weighted by Crippen LogP contribution is 2.44. The molecule has 28 heavy (non-hydrogen) atoms. The van der Waals surface area contributed by atoms with Crippen molar-refractivity contribution in [1.82, 2.24) is 9.88 Å². The second-order valence-corrected chi connectivity index (χ2v) is 8.34. The number of carboxylic acids is 1. The van der Waals surface area contributed by atoms with Gasteiger partial charge in [-0.25, -0.2) is 4.79 Å². The SMILES string of the molecule is CCc1[nH]c(=O)ccc1C(=O)N1CCC2(CC1)OCCc1sc(C(=O)O)cc12. The first-order valence-electron chi connectivity index (χ1n) is 9.45. The first kappa shape index (κ1) is 18.9.